The van der Waals surface area contributed by atoms with Gasteiger partial charge in [-0.1, -0.05) is 0 Å². The minimum atomic E-state index is -4.53. The Balaban J connectivity index is 1.49. The van der Waals surface area contributed by atoms with Crippen molar-refractivity contribution >= 4 is 17.5 Å². The number of rotatable bonds is 5. The molecule has 0 radical (unpaired) electrons. The van der Waals surface area contributed by atoms with Crippen molar-refractivity contribution in [2.75, 3.05) is 17.7 Å². The van der Waals surface area contributed by atoms with E-state index in [-0.39, 0.29) is 22.6 Å². The number of anilines is 3. The van der Waals surface area contributed by atoms with Crippen LogP contribution in [0.3, 0.4) is 0 Å². The van der Waals surface area contributed by atoms with Crippen molar-refractivity contribution in [3.63, 3.8) is 0 Å². The maximum absolute atomic E-state index is 12.9. The van der Waals surface area contributed by atoms with Crippen LogP contribution in [0.1, 0.15) is 30.5 Å². The molecule has 2 N–H and O–H groups in total. The predicted octanol–water partition coefficient (Wildman–Crippen LogP) is 3.48. The second-order valence-electron chi connectivity index (χ2n) is 7.58. The largest absolute Gasteiger partial charge is 0.421 e. The van der Waals surface area contributed by atoms with Crippen LogP contribution >= 0.6 is 0 Å². The Morgan fingerprint density at radius 2 is 2.04 bits per heavy atom. The van der Waals surface area contributed by atoms with Gasteiger partial charge in [0.15, 0.2) is 0 Å². The van der Waals surface area contributed by atoms with Gasteiger partial charge >= 0.3 is 6.18 Å². The summed E-state index contributed by atoms with van der Waals surface area (Å²) in [6.45, 7) is 2.54. The van der Waals surface area contributed by atoms with Crippen molar-refractivity contribution in [3.8, 4) is 6.07 Å². The van der Waals surface area contributed by atoms with Crippen LogP contribution in [-0.4, -0.2) is 26.8 Å². The van der Waals surface area contributed by atoms with Gasteiger partial charge in [0.2, 0.25) is 5.95 Å². The maximum atomic E-state index is 12.9. The van der Waals surface area contributed by atoms with Crippen molar-refractivity contribution in [2.45, 2.75) is 38.9 Å². The number of hydrogen-bond acceptors (Lipinski definition) is 6. The zero-order valence-electron chi connectivity index (χ0n) is 14.9. The summed E-state index contributed by atoms with van der Waals surface area (Å²) in [5, 5.41) is 19.0. The van der Waals surface area contributed by atoms with E-state index in [2.05, 4.69) is 31.8 Å². The normalized spacial score (nSPS) is 25.9. The number of aromatic nitrogens is 4. The van der Waals surface area contributed by atoms with Gasteiger partial charge in [0.25, 0.3) is 0 Å². The van der Waals surface area contributed by atoms with Crippen molar-refractivity contribution in [1.82, 2.24) is 19.7 Å². The number of hydrogen-bond donors (Lipinski definition) is 2. The number of aryl methyl sites for hydroxylation is 1. The third kappa shape index (κ3) is 2.87. The average molecular weight is 377 g/mol. The van der Waals surface area contributed by atoms with Crippen LogP contribution in [0, 0.1) is 29.1 Å². The number of nitrogens with one attached hydrogen (secondary N) is 2. The minimum Gasteiger partial charge on any atom is -0.372 e. The van der Waals surface area contributed by atoms with Crippen molar-refractivity contribution in [2.24, 2.45) is 10.8 Å². The van der Waals surface area contributed by atoms with Crippen LogP contribution in [0.5, 0.6) is 0 Å². The molecule has 0 unspecified atom stereocenters. The third-order valence-electron chi connectivity index (χ3n) is 5.40. The first-order chi connectivity index (χ1) is 12.7. The van der Waals surface area contributed by atoms with E-state index in [1.54, 1.807) is 13.1 Å². The molecular weight excluding hydrogens is 359 g/mol. The molecule has 0 spiro atoms. The summed E-state index contributed by atoms with van der Waals surface area (Å²) in [7, 11) is 1.38. The average Bonchev–Trinajstić information content (AvgIpc) is 2.87. The van der Waals surface area contributed by atoms with Crippen molar-refractivity contribution in [1.29, 1.82) is 5.26 Å². The molecule has 0 amide bonds. The van der Waals surface area contributed by atoms with Crippen LogP contribution < -0.4 is 10.6 Å². The highest BCUT2D eigenvalue weighted by molar-refractivity contribution is 5.57. The molecule has 3 aliphatic carbocycles. The summed E-state index contributed by atoms with van der Waals surface area (Å²) in [4.78, 5) is 7.68. The monoisotopic (exact) mass is 377 g/mol. The van der Waals surface area contributed by atoms with Crippen LogP contribution in [0.25, 0.3) is 0 Å². The Labute approximate surface area is 153 Å². The molecule has 2 bridgehead atoms. The first-order valence-corrected chi connectivity index (χ1v) is 8.52. The van der Waals surface area contributed by atoms with Crippen molar-refractivity contribution < 1.29 is 13.2 Å². The first-order valence-electron chi connectivity index (χ1n) is 8.52. The van der Waals surface area contributed by atoms with E-state index in [0.717, 1.165) is 32.0 Å². The molecule has 3 fully saturated rings. The lowest BCUT2D eigenvalue weighted by Crippen LogP contribution is -2.62. The highest BCUT2D eigenvalue weighted by atomic mass is 19.4. The number of nitriles is 1. The van der Waals surface area contributed by atoms with Gasteiger partial charge in [-0.2, -0.15) is 28.5 Å². The maximum Gasteiger partial charge on any atom is 0.421 e. The van der Waals surface area contributed by atoms with Crippen LogP contribution in [0.15, 0.2) is 12.4 Å². The molecule has 2 aromatic heterocycles. The van der Waals surface area contributed by atoms with E-state index in [1.165, 1.54) is 7.05 Å². The molecule has 142 valence electrons. The summed E-state index contributed by atoms with van der Waals surface area (Å²) >= 11 is 0. The van der Waals surface area contributed by atoms with Gasteiger partial charge < -0.3 is 10.6 Å². The van der Waals surface area contributed by atoms with Crippen molar-refractivity contribution in [3.05, 3.63) is 23.7 Å². The second-order valence-corrected chi connectivity index (χ2v) is 7.58. The molecule has 0 aromatic carbocycles. The summed E-state index contributed by atoms with van der Waals surface area (Å²) in [6, 6.07) is 2.38. The Bertz CT molecular complexity index is 921. The molecule has 0 aliphatic heterocycles. The fourth-order valence-corrected chi connectivity index (χ4v) is 4.31. The molecule has 5 rings (SSSR count). The topological polar surface area (TPSA) is 91.5 Å². The third-order valence-corrected chi connectivity index (χ3v) is 5.40. The van der Waals surface area contributed by atoms with Crippen LogP contribution in [-0.2, 0) is 12.7 Å². The molecule has 3 aliphatic rings. The highest BCUT2D eigenvalue weighted by Gasteiger charge is 2.68. The van der Waals surface area contributed by atoms with E-state index >= 15 is 0 Å². The van der Waals surface area contributed by atoms with Gasteiger partial charge in [0, 0.05) is 26.0 Å². The zero-order valence-corrected chi connectivity index (χ0v) is 14.9. The van der Waals surface area contributed by atoms with E-state index < -0.39 is 11.7 Å². The van der Waals surface area contributed by atoms with Gasteiger partial charge in [-0.05, 0) is 31.6 Å². The highest BCUT2D eigenvalue weighted by Crippen LogP contribution is 2.73. The Hall–Kier alpha value is -2.83. The van der Waals surface area contributed by atoms with Gasteiger partial charge in [-0.15, -0.1) is 0 Å². The number of nitrogens with zero attached hydrogens (tertiary/aromatic N) is 5. The first kappa shape index (κ1) is 17.6. The summed E-state index contributed by atoms with van der Waals surface area (Å²) in [5.41, 5.74) is 0.471. The van der Waals surface area contributed by atoms with E-state index in [4.69, 9.17) is 5.26 Å². The van der Waals surface area contributed by atoms with E-state index in [9.17, 15) is 13.2 Å². The van der Waals surface area contributed by atoms with Gasteiger partial charge in [0.1, 0.15) is 11.4 Å². The Morgan fingerprint density at radius 3 is 2.63 bits per heavy atom. The Kier molecular flexibility index (Phi) is 3.63. The molecule has 0 atom stereocenters. The van der Waals surface area contributed by atoms with Gasteiger partial charge in [-0.3, -0.25) is 4.68 Å². The molecule has 7 nitrogen and oxygen atoms in total. The molecule has 2 aromatic rings. The SMILES string of the molecule is CNc1nc(Nc2cn(CC34CC(C#N)(C3)C4)nc2C)ncc1C(F)(F)F. The molecule has 2 heterocycles. The molecule has 10 heteroatoms. The van der Waals surface area contributed by atoms with Gasteiger partial charge in [-0.25, -0.2) is 4.98 Å². The quantitative estimate of drug-likeness (QED) is 0.829. The lowest BCUT2D eigenvalue weighted by atomic mass is 9.36. The Morgan fingerprint density at radius 1 is 1.33 bits per heavy atom. The molecule has 27 heavy (non-hydrogen) atoms. The van der Waals surface area contributed by atoms with E-state index in [1.807, 2.05) is 4.68 Å². The van der Waals surface area contributed by atoms with Gasteiger partial charge in [0.05, 0.1) is 22.9 Å². The summed E-state index contributed by atoms with van der Waals surface area (Å²) < 4.78 is 40.6. The minimum absolute atomic E-state index is 0.0592. The number of halogens is 3. The van der Waals surface area contributed by atoms with Crippen LogP contribution in [0.4, 0.5) is 30.6 Å². The fourth-order valence-electron chi connectivity index (χ4n) is 4.31. The number of alkyl halides is 3. The smallest absolute Gasteiger partial charge is 0.372 e. The molecule has 3 saturated carbocycles. The predicted molar refractivity (Wildman–Crippen MR) is 91.2 cm³/mol. The zero-order chi connectivity index (χ0) is 19.4. The van der Waals surface area contributed by atoms with Crippen LogP contribution in [0.2, 0.25) is 0 Å². The molecular formula is C17H18F3N7. The van der Waals surface area contributed by atoms with E-state index in [0.29, 0.717) is 11.4 Å². The fraction of sp³-hybridized carbons (Fsp3) is 0.529. The summed E-state index contributed by atoms with van der Waals surface area (Å²) in [6.07, 6.45) is 0.753. The lowest BCUT2D eigenvalue weighted by molar-refractivity contribution is -0.174. The summed E-state index contributed by atoms with van der Waals surface area (Å²) in [5.74, 6) is -0.232. The standard InChI is InChI=1S/C17H18F3N7/c1-10-12(4-27(26-10)9-16-5-15(6-16,7-16)8-21)24-14-23-3-11(17(18,19)20)13(22-2)25-14/h3-4H,5-7,9H2,1-2H3,(H2,22,23,24,25). The lowest BCUT2D eigenvalue weighted by Gasteiger charge is -2.67. The molecule has 0 saturated heterocycles. The second kappa shape index (κ2) is 5.58.